The Morgan fingerprint density at radius 1 is 1.16 bits per heavy atom. The quantitative estimate of drug-likeness (QED) is 0.445. The molecule has 2 aromatic carbocycles. The minimum Gasteiger partial charge on any atom is -0.481 e. The van der Waals surface area contributed by atoms with Gasteiger partial charge in [-0.05, 0) is 29.7 Å². The van der Waals surface area contributed by atoms with Crippen molar-refractivity contribution in [2.75, 3.05) is 23.7 Å². The molecule has 0 amide bonds. The first-order valence-corrected chi connectivity index (χ1v) is 10.3. The number of fused-ring (bicyclic) bond motifs is 1. The number of anilines is 2. The summed E-state index contributed by atoms with van der Waals surface area (Å²) in [6, 6.07) is 19.3. The number of hydrogen-bond acceptors (Lipinski definition) is 5. The summed E-state index contributed by atoms with van der Waals surface area (Å²) in [5, 5.41) is 19.4. The minimum absolute atomic E-state index is 0.0101. The average molecular weight is 420 g/mol. The number of carboxylic acids is 1. The first kappa shape index (κ1) is 20.8. The molecule has 1 aromatic heterocycles. The maximum absolute atomic E-state index is 13.5. The van der Waals surface area contributed by atoms with E-state index in [9.17, 15) is 9.18 Å². The van der Waals surface area contributed by atoms with E-state index in [1.165, 1.54) is 12.3 Å². The fraction of sp³-hybridized carbons (Fsp3) is 0.250. The Hall–Kier alpha value is -3.45. The predicted molar refractivity (Wildman–Crippen MR) is 119 cm³/mol. The van der Waals surface area contributed by atoms with E-state index in [0.29, 0.717) is 18.1 Å². The van der Waals surface area contributed by atoms with Gasteiger partial charge in [0.2, 0.25) is 0 Å². The van der Waals surface area contributed by atoms with Gasteiger partial charge in [-0.25, -0.2) is 9.37 Å². The molecule has 0 aliphatic carbocycles. The molecule has 31 heavy (non-hydrogen) atoms. The van der Waals surface area contributed by atoms with Gasteiger partial charge in [-0.2, -0.15) is 0 Å². The molecular weight excluding hydrogens is 395 g/mol. The molecule has 6 nitrogen and oxygen atoms in total. The second kappa shape index (κ2) is 9.57. The number of benzene rings is 2. The summed E-state index contributed by atoms with van der Waals surface area (Å²) in [6.07, 6.45) is 2.01. The van der Waals surface area contributed by atoms with Crippen molar-refractivity contribution in [3.8, 4) is 0 Å². The summed E-state index contributed by atoms with van der Waals surface area (Å²) in [4.78, 5) is 15.2. The molecule has 3 aromatic rings. The van der Waals surface area contributed by atoms with Crippen molar-refractivity contribution >= 4 is 17.5 Å². The van der Waals surface area contributed by atoms with Crippen molar-refractivity contribution in [3.63, 3.8) is 0 Å². The van der Waals surface area contributed by atoms with Crippen molar-refractivity contribution in [1.82, 2.24) is 10.3 Å². The van der Waals surface area contributed by atoms with Crippen molar-refractivity contribution < 1.29 is 14.3 Å². The van der Waals surface area contributed by atoms with Gasteiger partial charge in [0.1, 0.15) is 11.6 Å². The fourth-order valence-corrected chi connectivity index (χ4v) is 3.93. The van der Waals surface area contributed by atoms with Crippen molar-refractivity contribution in [2.24, 2.45) is 0 Å². The van der Waals surface area contributed by atoms with Crippen LogP contribution in [0.2, 0.25) is 0 Å². The number of halogens is 1. The Bertz CT molecular complexity index is 1040. The number of rotatable bonds is 8. The van der Waals surface area contributed by atoms with E-state index in [1.807, 2.05) is 42.5 Å². The monoisotopic (exact) mass is 420 g/mol. The lowest BCUT2D eigenvalue weighted by Gasteiger charge is -2.34. The molecule has 7 heteroatoms. The normalized spacial score (nSPS) is 16.0. The molecular formula is C24H25FN4O2. The van der Waals surface area contributed by atoms with Crippen LogP contribution in [0.15, 0.2) is 66.9 Å². The SMILES string of the molecule is O=C(O)Cc1cccc(CCN[C@H](c2ccccc2)[C@H]2CNc3cc(F)cnc3N2)c1. The molecule has 0 spiro atoms. The maximum Gasteiger partial charge on any atom is 0.307 e. The van der Waals surface area contributed by atoms with Crippen molar-refractivity contribution in [3.05, 3.63) is 89.4 Å². The molecule has 0 saturated carbocycles. The summed E-state index contributed by atoms with van der Waals surface area (Å²) >= 11 is 0. The standard InChI is InChI=1S/C24H25FN4O2/c25-19-13-20-24(28-14-19)29-21(15-27-20)23(18-7-2-1-3-8-18)26-10-9-16-5-4-6-17(11-16)12-22(30)31/h1-8,11,13-14,21,23,26-27H,9-10,12,15H2,(H,28,29)(H,30,31)/t21-,23-/m1/s1. The van der Waals surface area contributed by atoms with Crippen LogP contribution in [0.3, 0.4) is 0 Å². The third kappa shape index (κ3) is 5.38. The summed E-state index contributed by atoms with van der Waals surface area (Å²) in [5.41, 5.74) is 3.71. The molecule has 0 unspecified atom stereocenters. The third-order valence-electron chi connectivity index (χ3n) is 5.37. The van der Waals surface area contributed by atoms with Gasteiger partial charge in [-0.1, -0.05) is 54.6 Å². The van der Waals surface area contributed by atoms with Gasteiger partial charge < -0.3 is 21.1 Å². The molecule has 0 bridgehead atoms. The van der Waals surface area contributed by atoms with Crippen LogP contribution in [0.5, 0.6) is 0 Å². The number of carboxylic acid groups (broad SMARTS) is 1. The van der Waals surface area contributed by atoms with Gasteiger partial charge in [0.05, 0.1) is 30.4 Å². The Morgan fingerprint density at radius 2 is 1.97 bits per heavy atom. The van der Waals surface area contributed by atoms with Gasteiger partial charge in [0, 0.05) is 12.6 Å². The first-order valence-electron chi connectivity index (χ1n) is 10.3. The molecule has 0 fully saturated rings. The van der Waals surface area contributed by atoms with E-state index in [1.54, 1.807) is 0 Å². The van der Waals surface area contributed by atoms with E-state index in [-0.39, 0.29) is 24.3 Å². The van der Waals surface area contributed by atoms with Gasteiger partial charge in [0.15, 0.2) is 0 Å². The summed E-state index contributed by atoms with van der Waals surface area (Å²) in [6.45, 7) is 1.34. The highest BCUT2D eigenvalue weighted by Crippen LogP contribution is 2.29. The second-order valence-electron chi connectivity index (χ2n) is 7.66. The highest BCUT2D eigenvalue weighted by atomic mass is 19.1. The second-order valence-corrected chi connectivity index (χ2v) is 7.66. The van der Waals surface area contributed by atoms with Crippen molar-refractivity contribution in [1.29, 1.82) is 0 Å². The van der Waals surface area contributed by atoms with Crippen LogP contribution in [0.25, 0.3) is 0 Å². The summed E-state index contributed by atoms with van der Waals surface area (Å²) in [7, 11) is 0. The Labute approximate surface area is 180 Å². The summed E-state index contributed by atoms with van der Waals surface area (Å²) < 4.78 is 13.5. The minimum atomic E-state index is -0.830. The van der Waals surface area contributed by atoms with E-state index < -0.39 is 5.97 Å². The lowest BCUT2D eigenvalue weighted by molar-refractivity contribution is -0.136. The smallest absolute Gasteiger partial charge is 0.307 e. The molecule has 4 rings (SSSR count). The zero-order chi connectivity index (χ0) is 21.6. The van der Waals surface area contributed by atoms with Crippen LogP contribution in [0.1, 0.15) is 22.7 Å². The van der Waals surface area contributed by atoms with Crippen LogP contribution in [-0.2, 0) is 17.6 Å². The lowest BCUT2D eigenvalue weighted by Crippen LogP contribution is -2.44. The highest BCUT2D eigenvalue weighted by molar-refractivity contribution is 5.70. The number of aliphatic carboxylic acids is 1. The molecule has 0 saturated heterocycles. The zero-order valence-corrected chi connectivity index (χ0v) is 17.0. The molecule has 1 aliphatic heterocycles. The maximum atomic E-state index is 13.5. The van der Waals surface area contributed by atoms with E-state index in [2.05, 4.69) is 33.1 Å². The molecule has 4 N–H and O–H groups in total. The molecule has 2 atom stereocenters. The number of carbonyl (C=O) groups is 1. The van der Waals surface area contributed by atoms with Gasteiger partial charge in [0.25, 0.3) is 0 Å². The lowest BCUT2D eigenvalue weighted by atomic mass is 9.97. The Balaban J connectivity index is 1.46. The third-order valence-corrected chi connectivity index (χ3v) is 5.37. The van der Waals surface area contributed by atoms with Gasteiger partial charge in [-0.3, -0.25) is 4.79 Å². The number of aromatic nitrogens is 1. The largest absolute Gasteiger partial charge is 0.481 e. The first-order chi connectivity index (χ1) is 15.1. The average Bonchev–Trinajstić information content (AvgIpc) is 2.77. The van der Waals surface area contributed by atoms with Crippen molar-refractivity contribution in [2.45, 2.75) is 24.9 Å². The van der Waals surface area contributed by atoms with Gasteiger partial charge >= 0.3 is 5.97 Å². The van der Waals surface area contributed by atoms with Crippen LogP contribution >= 0.6 is 0 Å². The molecule has 2 heterocycles. The predicted octanol–water partition coefficient (Wildman–Crippen LogP) is 3.63. The van der Waals surface area contributed by atoms with E-state index >= 15 is 0 Å². The number of nitrogens with zero attached hydrogens (tertiary/aromatic N) is 1. The van der Waals surface area contributed by atoms with Crippen LogP contribution < -0.4 is 16.0 Å². The fourth-order valence-electron chi connectivity index (χ4n) is 3.93. The number of pyridine rings is 1. The molecule has 1 aliphatic rings. The van der Waals surface area contributed by atoms with Crippen LogP contribution in [0.4, 0.5) is 15.9 Å². The topological polar surface area (TPSA) is 86.3 Å². The highest BCUT2D eigenvalue weighted by Gasteiger charge is 2.27. The number of nitrogens with one attached hydrogen (secondary N) is 3. The Morgan fingerprint density at radius 3 is 2.77 bits per heavy atom. The molecule has 160 valence electrons. The zero-order valence-electron chi connectivity index (χ0n) is 17.0. The van der Waals surface area contributed by atoms with Gasteiger partial charge in [-0.15, -0.1) is 0 Å². The molecule has 0 radical (unpaired) electrons. The Kier molecular flexibility index (Phi) is 6.43. The van der Waals surface area contributed by atoms with E-state index in [4.69, 9.17) is 5.11 Å². The van der Waals surface area contributed by atoms with Crippen LogP contribution in [-0.4, -0.2) is 35.2 Å². The van der Waals surface area contributed by atoms with Crippen LogP contribution in [0, 0.1) is 5.82 Å². The summed E-state index contributed by atoms with van der Waals surface area (Å²) in [5.74, 6) is -0.555. The number of hydrogen-bond donors (Lipinski definition) is 4. The van der Waals surface area contributed by atoms with E-state index in [0.717, 1.165) is 29.7 Å².